The van der Waals surface area contributed by atoms with Gasteiger partial charge in [-0.15, -0.1) is 11.8 Å². The van der Waals surface area contributed by atoms with E-state index in [2.05, 4.69) is 5.32 Å². The zero-order valence-corrected chi connectivity index (χ0v) is 12.7. The lowest BCUT2D eigenvalue weighted by molar-refractivity contribution is -0.119. The standard InChI is InChI=1S/C16H16ClNOS/c1-12(13-6-5-7-14(17)10-13)18-16(19)11-20-15-8-3-2-4-9-15/h2-10,12H,11H2,1H3,(H,18,19)/t12-/m1/s1. The monoisotopic (exact) mass is 305 g/mol. The highest BCUT2D eigenvalue weighted by molar-refractivity contribution is 8.00. The number of rotatable bonds is 5. The Morgan fingerprint density at radius 3 is 2.65 bits per heavy atom. The number of hydrogen-bond donors (Lipinski definition) is 1. The first-order valence-electron chi connectivity index (χ1n) is 6.38. The summed E-state index contributed by atoms with van der Waals surface area (Å²) in [6.45, 7) is 1.96. The van der Waals surface area contributed by atoms with Gasteiger partial charge in [-0.05, 0) is 36.8 Å². The lowest BCUT2D eigenvalue weighted by Crippen LogP contribution is -2.28. The minimum absolute atomic E-state index is 0.0197. The molecule has 2 aromatic carbocycles. The van der Waals surface area contributed by atoms with E-state index in [4.69, 9.17) is 11.6 Å². The number of nitrogens with one attached hydrogen (secondary N) is 1. The van der Waals surface area contributed by atoms with E-state index in [-0.39, 0.29) is 11.9 Å². The summed E-state index contributed by atoms with van der Waals surface area (Å²) >= 11 is 7.48. The van der Waals surface area contributed by atoms with Crippen molar-refractivity contribution in [2.24, 2.45) is 0 Å². The molecule has 2 rings (SSSR count). The van der Waals surface area contributed by atoms with Crippen molar-refractivity contribution in [2.45, 2.75) is 17.9 Å². The average Bonchev–Trinajstić information content (AvgIpc) is 2.46. The van der Waals surface area contributed by atoms with Gasteiger partial charge in [-0.1, -0.05) is 41.9 Å². The molecule has 4 heteroatoms. The van der Waals surface area contributed by atoms with Crippen LogP contribution in [0, 0.1) is 0 Å². The summed E-state index contributed by atoms with van der Waals surface area (Å²) in [7, 11) is 0. The molecule has 2 nitrogen and oxygen atoms in total. The van der Waals surface area contributed by atoms with Crippen molar-refractivity contribution in [2.75, 3.05) is 5.75 Å². The Hall–Kier alpha value is -1.45. The van der Waals surface area contributed by atoms with E-state index < -0.39 is 0 Å². The van der Waals surface area contributed by atoms with Crippen LogP contribution in [0.25, 0.3) is 0 Å². The summed E-state index contributed by atoms with van der Waals surface area (Å²) in [6.07, 6.45) is 0. The molecule has 0 saturated carbocycles. The fourth-order valence-electron chi connectivity index (χ4n) is 1.81. The van der Waals surface area contributed by atoms with E-state index in [0.29, 0.717) is 10.8 Å². The van der Waals surface area contributed by atoms with Gasteiger partial charge in [0, 0.05) is 9.92 Å². The fourth-order valence-corrected chi connectivity index (χ4v) is 2.74. The van der Waals surface area contributed by atoms with E-state index in [9.17, 15) is 4.79 Å². The van der Waals surface area contributed by atoms with Crippen molar-refractivity contribution < 1.29 is 4.79 Å². The Bertz CT molecular complexity index is 574. The van der Waals surface area contributed by atoms with Crippen LogP contribution >= 0.6 is 23.4 Å². The lowest BCUT2D eigenvalue weighted by atomic mass is 10.1. The Labute approximate surface area is 128 Å². The van der Waals surface area contributed by atoms with Crippen molar-refractivity contribution in [3.63, 3.8) is 0 Å². The Morgan fingerprint density at radius 2 is 1.95 bits per heavy atom. The molecule has 20 heavy (non-hydrogen) atoms. The van der Waals surface area contributed by atoms with Crippen LogP contribution in [0.4, 0.5) is 0 Å². The van der Waals surface area contributed by atoms with Crippen molar-refractivity contribution in [3.05, 3.63) is 65.2 Å². The van der Waals surface area contributed by atoms with Crippen LogP contribution in [-0.2, 0) is 4.79 Å². The summed E-state index contributed by atoms with van der Waals surface area (Å²) in [5, 5.41) is 3.66. The Kier molecular flexibility index (Phi) is 5.50. The Morgan fingerprint density at radius 1 is 1.20 bits per heavy atom. The van der Waals surface area contributed by atoms with Gasteiger partial charge in [0.25, 0.3) is 0 Å². The number of halogens is 1. The smallest absolute Gasteiger partial charge is 0.230 e. The van der Waals surface area contributed by atoms with E-state index in [1.165, 1.54) is 11.8 Å². The molecule has 0 saturated heterocycles. The SMILES string of the molecule is C[C@@H](NC(=O)CSc1ccccc1)c1cccc(Cl)c1. The molecule has 104 valence electrons. The van der Waals surface area contributed by atoms with Gasteiger partial charge >= 0.3 is 0 Å². The molecule has 0 fully saturated rings. The number of carbonyl (C=O) groups excluding carboxylic acids is 1. The largest absolute Gasteiger partial charge is 0.349 e. The number of amides is 1. The van der Waals surface area contributed by atoms with Gasteiger partial charge in [-0.3, -0.25) is 4.79 Å². The number of thioether (sulfide) groups is 1. The second-order valence-corrected chi connectivity index (χ2v) is 5.93. The fraction of sp³-hybridized carbons (Fsp3) is 0.188. The van der Waals surface area contributed by atoms with Gasteiger partial charge in [-0.2, -0.15) is 0 Å². The van der Waals surface area contributed by atoms with Crippen molar-refractivity contribution in [1.29, 1.82) is 0 Å². The third kappa shape index (κ3) is 4.58. The predicted octanol–water partition coefficient (Wildman–Crippen LogP) is 4.31. The average molecular weight is 306 g/mol. The molecular formula is C16H16ClNOS. The van der Waals surface area contributed by atoms with E-state index >= 15 is 0 Å². The molecule has 2 aromatic rings. The van der Waals surface area contributed by atoms with E-state index in [1.807, 2.05) is 61.5 Å². The van der Waals surface area contributed by atoms with Crippen molar-refractivity contribution in [3.8, 4) is 0 Å². The highest BCUT2D eigenvalue weighted by Crippen LogP contribution is 2.19. The van der Waals surface area contributed by atoms with Gasteiger partial charge in [0.05, 0.1) is 11.8 Å². The van der Waals surface area contributed by atoms with Gasteiger partial charge in [-0.25, -0.2) is 0 Å². The summed E-state index contributed by atoms with van der Waals surface area (Å²) in [6, 6.07) is 17.4. The molecule has 0 unspecified atom stereocenters. The van der Waals surface area contributed by atoms with Gasteiger partial charge in [0.15, 0.2) is 0 Å². The van der Waals surface area contributed by atoms with Crippen LogP contribution in [0.1, 0.15) is 18.5 Å². The second-order valence-electron chi connectivity index (χ2n) is 4.45. The van der Waals surface area contributed by atoms with Gasteiger partial charge in [0.1, 0.15) is 0 Å². The first-order chi connectivity index (χ1) is 9.65. The molecule has 0 radical (unpaired) electrons. The first-order valence-corrected chi connectivity index (χ1v) is 7.74. The molecule has 0 spiro atoms. The van der Waals surface area contributed by atoms with Crippen LogP contribution in [0.2, 0.25) is 5.02 Å². The minimum Gasteiger partial charge on any atom is -0.349 e. The van der Waals surface area contributed by atoms with Crippen LogP contribution < -0.4 is 5.32 Å². The Balaban J connectivity index is 1.85. The van der Waals surface area contributed by atoms with Crippen molar-refractivity contribution in [1.82, 2.24) is 5.32 Å². The molecule has 0 aliphatic heterocycles. The summed E-state index contributed by atoms with van der Waals surface area (Å²) in [5.41, 5.74) is 1.01. The molecule has 0 aliphatic carbocycles. The molecule has 0 aromatic heterocycles. The van der Waals surface area contributed by atoms with Gasteiger partial charge in [0.2, 0.25) is 5.91 Å². The lowest BCUT2D eigenvalue weighted by Gasteiger charge is -2.14. The predicted molar refractivity (Wildman–Crippen MR) is 85.2 cm³/mol. The maximum atomic E-state index is 11.9. The minimum atomic E-state index is -0.0439. The molecule has 1 amide bonds. The maximum Gasteiger partial charge on any atom is 0.230 e. The second kappa shape index (κ2) is 7.36. The molecule has 0 aliphatic rings. The quantitative estimate of drug-likeness (QED) is 0.834. The molecule has 1 N–H and O–H groups in total. The van der Waals surface area contributed by atoms with Crippen LogP contribution in [0.15, 0.2) is 59.5 Å². The number of hydrogen-bond acceptors (Lipinski definition) is 2. The zero-order valence-electron chi connectivity index (χ0n) is 11.2. The molecule has 0 heterocycles. The van der Waals surface area contributed by atoms with E-state index in [1.54, 1.807) is 0 Å². The highest BCUT2D eigenvalue weighted by atomic mass is 35.5. The molecule has 0 bridgehead atoms. The van der Waals surface area contributed by atoms with E-state index in [0.717, 1.165) is 10.5 Å². The zero-order chi connectivity index (χ0) is 14.4. The number of carbonyl (C=O) groups is 1. The third-order valence-electron chi connectivity index (χ3n) is 2.84. The normalized spacial score (nSPS) is 11.9. The van der Waals surface area contributed by atoms with Crippen molar-refractivity contribution >= 4 is 29.3 Å². The molecular weight excluding hydrogens is 290 g/mol. The third-order valence-corrected chi connectivity index (χ3v) is 4.09. The first kappa shape index (κ1) is 14.9. The van der Waals surface area contributed by atoms with Gasteiger partial charge < -0.3 is 5.32 Å². The highest BCUT2D eigenvalue weighted by Gasteiger charge is 2.10. The summed E-state index contributed by atoms with van der Waals surface area (Å²) in [4.78, 5) is 13.0. The maximum absolute atomic E-state index is 11.9. The topological polar surface area (TPSA) is 29.1 Å². The van der Waals surface area contributed by atoms with Crippen LogP contribution in [0.5, 0.6) is 0 Å². The van der Waals surface area contributed by atoms with Crippen LogP contribution in [-0.4, -0.2) is 11.7 Å². The number of benzene rings is 2. The van der Waals surface area contributed by atoms with Crippen LogP contribution in [0.3, 0.4) is 0 Å². The summed E-state index contributed by atoms with van der Waals surface area (Å²) in [5.74, 6) is 0.431. The molecule has 1 atom stereocenters. The summed E-state index contributed by atoms with van der Waals surface area (Å²) < 4.78 is 0.